The summed E-state index contributed by atoms with van der Waals surface area (Å²) in [7, 11) is 1.23. The van der Waals surface area contributed by atoms with Gasteiger partial charge < -0.3 is 24.8 Å². The predicted octanol–water partition coefficient (Wildman–Crippen LogP) is 1.77. The van der Waals surface area contributed by atoms with Crippen LogP contribution in [-0.4, -0.2) is 49.4 Å². The monoisotopic (exact) mass is 380 g/mol. The van der Waals surface area contributed by atoms with E-state index in [-0.39, 0.29) is 13.2 Å². The maximum atomic E-state index is 12.4. The first-order chi connectivity index (χ1) is 12.6. The van der Waals surface area contributed by atoms with Crippen LogP contribution in [0.4, 0.5) is 4.79 Å². The lowest BCUT2D eigenvalue weighted by atomic mass is 10.2. The number of hydrogen-bond donors (Lipinski definition) is 2. The molecule has 0 aliphatic rings. The van der Waals surface area contributed by atoms with Gasteiger partial charge in [-0.25, -0.2) is 9.59 Å². The summed E-state index contributed by atoms with van der Waals surface area (Å²) < 4.78 is 15.3. The van der Waals surface area contributed by atoms with Crippen LogP contribution in [0.5, 0.6) is 0 Å². The second-order valence-corrected chi connectivity index (χ2v) is 6.95. The molecule has 0 spiro atoms. The molecule has 0 aliphatic heterocycles. The van der Waals surface area contributed by atoms with E-state index in [4.69, 9.17) is 9.47 Å². The highest BCUT2D eigenvalue weighted by Crippen LogP contribution is 2.07. The topological polar surface area (TPSA) is 103 Å². The zero-order valence-corrected chi connectivity index (χ0v) is 16.4. The first-order valence-electron chi connectivity index (χ1n) is 8.61. The first-order valence-corrected chi connectivity index (χ1v) is 8.61. The summed E-state index contributed by atoms with van der Waals surface area (Å²) in [5, 5.41) is 4.96. The van der Waals surface area contributed by atoms with E-state index in [1.54, 1.807) is 20.8 Å². The predicted molar refractivity (Wildman–Crippen MR) is 98.9 cm³/mol. The van der Waals surface area contributed by atoms with Gasteiger partial charge in [0.05, 0.1) is 20.3 Å². The molecule has 27 heavy (non-hydrogen) atoms. The summed E-state index contributed by atoms with van der Waals surface area (Å²) in [6.45, 7) is 6.81. The number of hydrogen-bond acceptors (Lipinski definition) is 6. The number of carbonyl (C=O) groups is 3. The summed E-state index contributed by atoms with van der Waals surface area (Å²) in [6, 6.07) is 7.51. The number of rotatable bonds is 8. The Balaban J connectivity index is 2.70. The van der Waals surface area contributed by atoms with Crippen LogP contribution in [0.3, 0.4) is 0 Å². The minimum Gasteiger partial charge on any atom is -0.467 e. The lowest BCUT2D eigenvalue weighted by Crippen LogP contribution is -2.53. The van der Waals surface area contributed by atoms with E-state index in [1.807, 2.05) is 30.3 Å². The summed E-state index contributed by atoms with van der Waals surface area (Å²) in [5.41, 5.74) is 0.215. The Labute approximate surface area is 159 Å². The number of carbonyl (C=O) groups excluding carboxylic acids is 3. The molecule has 0 unspecified atom stereocenters. The Kier molecular flexibility index (Phi) is 8.74. The molecule has 0 saturated heterocycles. The van der Waals surface area contributed by atoms with Crippen molar-refractivity contribution in [2.75, 3.05) is 13.7 Å². The molecule has 1 aromatic rings. The Morgan fingerprint density at radius 2 is 1.70 bits per heavy atom. The smallest absolute Gasteiger partial charge is 0.408 e. The minimum absolute atomic E-state index is 0.0894. The minimum atomic E-state index is -1.03. The second-order valence-electron chi connectivity index (χ2n) is 6.95. The number of ether oxygens (including phenoxy) is 3. The maximum Gasteiger partial charge on any atom is 0.408 e. The van der Waals surface area contributed by atoms with Crippen molar-refractivity contribution >= 4 is 18.0 Å². The third kappa shape index (κ3) is 9.05. The van der Waals surface area contributed by atoms with Crippen LogP contribution in [0.15, 0.2) is 30.3 Å². The fourth-order valence-electron chi connectivity index (χ4n) is 2.05. The van der Waals surface area contributed by atoms with Crippen LogP contribution in [0.25, 0.3) is 0 Å². The fraction of sp³-hybridized carbons (Fsp3) is 0.526. The lowest BCUT2D eigenvalue weighted by Gasteiger charge is -2.24. The van der Waals surface area contributed by atoms with Gasteiger partial charge >= 0.3 is 12.1 Å². The van der Waals surface area contributed by atoms with Crippen molar-refractivity contribution in [3.8, 4) is 0 Å². The van der Waals surface area contributed by atoms with Gasteiger partial charge in [0, 0.05) is 0 Å². The largest absolute Gasteiger partial charge is 0.467 e. The van der Waals surface area contributed by atoms with Gasteiger partial charge in [0.15, 0.2) is 0 Å². The SMILES string of the molecule is COC(=O)[C@@H](C)NC(=O)[C@H](COCc1ccccc1)NC(=O)OC(C)(C)C. The molecule has 8 heteroatoms. The molecule has 0 bridgehead atoms. The van der Waals surface area contributed by atoms with E-state index in [9.17, 15) is 14.4 Å². The Bertz CT molecular complexity index is 627. The number of amides is 2. The summed E-state index contributed by atoms with van der Waals surface area (Å²) in [4.78, 5) is 36.0. The molecule has 0 aliphatic carbocycles. The van der Waals surface area contributed by atoms with Gasteiger partial charge in [-0.15, -0.1) is 0 Å². The molecule has 2 N–H and O–H groups in total. The van der Waals surface area contributed by atoms with Gasteiger partial charge in [-0.2, -0.15) is 0 Å². The number of alkyl carbamates (subject to hydrolysis) is 1. The molecule has 0 heterocycles. The van der Waals surface area contributed by atoms with Crippen molar-refractivity contribution in [1.82, 2.24) is 10.6 Å². The fourth-order valence-corrected chi connectivity index (χ4v) is 2.05. The highest BCUT2D eigenvalue weighted by Gasteiger charge is 2.27. The van der Waals surface area contributed by atoms with Crippen LogP contribution in [0, 0.1) is 0 Å². The van der Waals surface area contributed by atoms with Crippen molar-refractivity contribution in [3.63, 3.8) is 0 Å². The third-order valence-corrected chi connectivity index (χ3v) is 3.32. The Hall–Kier alpha value is -2.61. The molecule has 8 nitrogen and oxygen atoms in total. The summed E-state index contributed by atoms with van der Waals surface area (Å²) >= 11 is 0. The third-order valence-electron chi connectivity index (χ3n) is 3.32. The molecule has 0 fully saturated rings. The first kappa shape index (κ1) is 22.4. The van der Waals surface area contributed by atoms with E-state index >= 15 is 0 Å². The average Bonchev–Trinajstić information content (AvgIpc) is 2.59. The molecule has 1 rings (SSSR count). The zero-order chi connectivity index (χ0) is 20.4. The summed E-state index contributed by atoms with van der Waals surface area (Å²) in [5.74, 6) is -1.17. The van der Waals surface area contributed by atoms with E-state index in [0.717, 1.165) is 5.56 Å². The van der Waals surface area contributed by atoms with E-state index in [1.165, 1.54) is 14.0 Å². The van der Waals surface area contributed by atoms with Gasteiger partial charge in [-0.05, 0) is 33.3 Å². The molecular weight excluding hydrogens is 352 g/mol. The molecule has 0 aromatic heterocycles. The highest BCUT2D eigenvalue weighted by atomic mass is 16.6. The lowest BCUT2D eigenvalue weighted by molar-refractivity contribution is -0.144. The Morgan fingerprint density at radius 3 is 2.26 bits per heavy atom. The van der Waals surface area contributed by atoms with Crippen LogP contribution >= 0.6 is 0 Å². The van der Waals surface area contributed by atoms with Gasteiger partial charge in [-0.1, -0.05) is 30.3 Å². The van der Waals surface area contributed by atoms with Gasteiger partial charge in [0.25, 0.3) is 0 Å². The van der Waals surface area contributed by atoms with E-state index in [2.05, 4.69) is 15.4 Å². The van der Waals surface area contributed by atoms with Crippen LogP contribution < -0.4 is 10.6 Å². The van der Waals surface area contributed by atoms with Crippen molar-refractivity contribution in [2.45, 2.75) is 52.0 Å². The molecule has 0 radical (unpaired) electrons. The van der Waals surface area contributed by atoms with E-state index in [0.29, 0.717) is 0 Å². The van der Waals surface area contributed by atoms with Crippen molar-refractivity contribution in [2.24, 2.45) is 0 Å². The van der Waals surface area contributed by atoms with Gasteiger partial charge in [0.1, 0.15) is 17.7 Å². The Morgan fingerprint density at radius 1 is 1.07 bits per heavy atom. The molecular formula is C19H28N2O6. The average molecular weight is 380 g/mol. The van der Waals surface area contributed by atoms with Crippen LogP contribution in [-0.2, 0) is 30.4 Å². The van der Waals surface area contributed by atoms with E-state index < -0.39 is 35.7 Å². The second kappa shape index (κ2) is 10.5. The molecule has 1 aromatic carbocycles. The van der Waals surface area contributed by atoms with Crippen molar-refractivity contribution in [1.29, 1.82) is 0 Å². The zero-order valence-electron chi connectivity index (χ0n) is 16.4. The standard InChI is InChI=1S/C19H28N2O6/c1-13(17(23)25-5)20-16(22)15(21-18(24)27-19(2,3)4)12-26-11-14-9-7-6-8-10-14/h6-10,13,15H,11-12H2,1-5H3,(H,20,22)(H,21,24)/t13-,15+/m1/s1. The van der Waals surface area contributed by atoms with Crippen LogP contribution in [0.2, 0.25) is 0 Å². The quantitative estimate of drug-likeness (QED) is 0.667. The maximum absolute atomic E-state index is 12.4. The van der Waals surface area contributed by atoms with Gasteiger partial charge in [-0.3, -0.25) is 4.79 Å². The number of esters is 1. The van der Waals surface area contributed by atoms with Crippen molar-refractivity contribution in [3.05, 3.63) is 35.9 Å². The molecule has 2 amide bonds. The van der Waals surface area contributed by atoms with Crippen molar-refractivity contribution < 1.29 is 28.6 Å². The van der Waals surface area contributed by atoms with Gasteiger partial charge in [0.2, 0.25) is 5.91 Å². The molecule has 150 valence electrons. The highest BCUT2D eigenvalue weighted by molar-refractivity contribution is 5.89. The number of benzene rings is 1. The molecule has 0 saturated carbocycles. The number of methoxy groups -OCH3 is 1. The normalized spacial score (nSPS) is 13.2. The summed E-state index contributed by atoms with van der Waals surface area (Å²) in [6.07, 6.45) is -0.753. The number of nitrogens with one attached hydrogen (secondary N) is 2. The molecule has 2 atom stereocenters. The van der Waals surface area contributed by atoms with Crippen LogP contribution in [0.1, 0.15) is 33.3 Å².